The van der Waals surface area contributed by atoms with Gasteiger partial charge in [-0.3, -0.25) is 0 Å². The van der Waals surface area contributed by atoms with E-state index >= 15 is 0 Å². The van der Waals surface area contributed by atoms with Gasteiger partial charge in [-0.1, -0.05) is 38.1 Å². The molecule has 0 fully saturated rings. The van der Waals surface area contributed by atoms with Crippen molar-refractivity contribution < 1.29 is 0 Å². The summed E-state index contributed by atoms with van der Waals surface area (Å²) in [6.07, 6.45) is 3.23. The Morgan fingerprint density at radius 1 is 1.25 bits per heavy atom. The maximum Gasteiger partial charge on any atom is -0.00424 e. The lowest BCUT2D eigenvalue weighted by atomic mass is 9.92. The Bertz CT molecular complexity index is 375. The molecule has 0 unspecified atom stereocenters. The summed E-state index contributed by atoms with van der Waals surface area (Å²) in [5.74, 6) is 0.550. The minimum absolute atomic E-state index is 0.550. The molecule has 0 amide bonds. The highest BCUT2D eigenvalue weighted by molar-refractivity contribution is 5.67. The summed E-state index contributed by atoms with van der Waals surface area (Å²) in [6.45, 7) is 9.51. The number of benzene rings is 1. The third kappa shape index (κ3) is 3.21. The van der Waals surface area contributed by atoms with Crippen LogP contribution in [0.2, 0.25) is 0 Å². The first-order valence-corrected chi connectivity index (χ1v) is 6.04. The van der Waals surface area contributed by atoms with Crippen molar-refractivity contribution in [3.8, 4) is 0 Å². The van der Waals surface area contributed by atoms with E-state index in [2.05, 4.69) is 52.0 Å². The maximum absolute atomic E-state index is 5.56. The second-order valence-corrected chi connectivity index (χ2v) is 4.69. The first kappa shape index (κ1) is 13.0. The standard InChI is InChI=1S/C15H23N/c1-11(2)15(6-5-9-16)14-8-7-12(3)13(4)10-14/h6-8,10-11H,5,9,16H2,1-4H3/b15-6+. The lowest BCUT2D eigenvalue weighted by molar-refractivity contribution is 0.846. The molecule has 0 atom stereocenters. The second kappa shape index (κ2) is 5.86. The first-order chi connectivity index (χ1) is 7.56. The zero-order chi connectivity index (χ0) is 12.1. The number of hydrogen-bond acceptors (Lipinski definition) is 1. The Morgan fingerprint density at radius 2 is 1.94 bits per heavy atom. The van der Waals surface area contributed by atoms with Crippen molar-refractivity contribution in [2.24, 2.45) is 11.7 Å². The van der Waals surface area contributed by atoms with E-state index in [4.69, 9.17) is 5.73 Å². The van der Waals surface area contributed by atoms with Crippen molar-refractivity contribution in [2.75, 3.05) is 6.54 Å². The van der Waals surface area contributed by atoms with Gasteiger partial charge in [-0.2, -0.15) is 0 Å². The maximum atomic E-state index is 5.56. The quantitative estimate of drug-likeness (QED) is 0.817. The fraction of sp³-hybridized carbons (Fsp3) is 0.467. The van der Waals surface area contributed by atoms with Crippen molar-refractivity contribution in [3.63, 3.8) is 0 Å². The molecule has 16 heavy (non-hydrogen) atoms. The molecule has 0 heterocycles. The fourth-order valence-electron chi connectivity index (χ4n) is 1.85. The topological polar surface area (TPSA) is 26.0 Å². The summed E-state index contributed by atoms with van der Waals surface area (Å²) in [5.41, 5.74) is 11.0. The molecule has 0 saturated heterocycles. The average Bonchev–Trinajstić information content (AvgIpc) is 2.23. The van der Waals surface area contributed by atoms with Crippen LogP contribution in [0.5, 0.6) is 0 Å². The van der Waals surface area contributed by atoms with Crippen molar-refractivity contribution in [3.05, 3.63) is 41.0 Å². The van der Waals surface area contributed by atoms with E-state index in [0.717, 1.165) is 13.0 Å². The molecule has 1 rings (SSSR count). The van der Waals surface area contributed by atoms with E-state index in [1.165, 1.54) is 22.3 Å². The van der Waals surface area contributed by atoms with Gasteiger partial charge in [-0.15, -0.1) is 0 Å². The third-order valence-electron chi connectivity index (χ3n) is 2.99. The van der Waals surface area contributed by atoms with Crippen molar-refractivity contribution in [2.45, 2.75) is 34.1 Å². The van der Waals surface area contributed by atoms with Crippen LogP contribution in [0.1, 0.15) is 37.0 Å². The van der Waals surface area contributed by atoms with Gasteiger partial charge in [0.25, 0.3) is 0 Å². The minimum Gasteiger partial charge on any atom is -0.330 e. The van der Waals surface area contributed by atoms with E-state index in [1.54, 1.807) is 0 Å². The van der Waals surface area contributed by atoms with E-state index < -0.39 is 0 Å². The Balaban J connectivity index is 3.06. The predicted octanol–water partition coefficient (Wildman–Crippen LogP) is 3.69. The predicted molar refractivity (Wildman–Crippen MR) is 72.4 cm³/mol. The van der Waals surface area contributed by atoms with Gasteiger partial charge in [0.05, 0.1) is 0 Å². The zero-order valence-electron chi connectivity index (χ0n) is 10.9. The van der Waals surface area contributed by atoms with Gasteiger partial charge in [-0.05, 0) is 55.0 Å². The van der Waals surface area contributed by atoms with Crippen LogP contribution in [-0.4, -0.2) is 6.54 Å². The highest BCUT2D eigenvalue weighted by Crippen LogP contribution is 2.25. The van der Waals surface area contributed by atoms with Gasteiger partial charge in [0.1, 0.15) is 0 Å². The Morgan fingerprint density at radius 3 is 2.44 bits per heavy atom. The zero-order valence-corrected chi connectivity index (χ0v) is 10.9. The van der Waals surface area contributed by atoms with Gasteiger partial charge in [0, 0.05) is 0 Å². The fourth-order valence-corrected chi connectivity index (χ4v) is 1.85. The Kier molecular flexibility index (Phi) is 4.75. The van der Waals surface area contributed by atoms with E-state index in [-0.39, 0.29) is 0 Å². The average molecular weight is 217 g/mol. The van der Waals surface area contributed by atoms with Crippen LogP contribution < -0.4 is 5.73 Å². The summed E-state index contributed by atoms with van der Waals surface area (Å²) in [5, 5.41) is 0. The highest BCUT2D eigenvalue weighted by atomic mass is 14.5. The number of hydrogen-bond donors (Lipinski definition) is 1. The van der Waals surface area contributed by atoms with Crippen LogP contribution in [-0.2, 0) is 0 Å². The molecule has 2 N–H and O–H groups in total. The lowest BCUT2D eigenvalue weighted by Crippen LogP contribution is -1.99. The summed E-state index contributed by atoms with van der Waals surface area (Å²) in [6, 6.07) is 6.69. The van der Waals surface area contributed by atoms with Crippen molar-refractivity contribution in [1.82, 2.24) is 0 Å². The van der Waals surface area contributed by atoms with Gasteiger partial charge < -0.3 is 5.73 Å². The number of rotatable bonds is 4. The molecule has 0 radical (unpaired) electrons. The van der Waals surface area contributed by atoms with E-state index in [0.29, 0.717) is 5.92 Å². The molecule has 1 nitrogen and oxygen atoms in total. The summed E-state index contributed by atoms with van der Waals surface area (Å²) < 4.78 is 0. The molecule has 1 heteroatoms. The molecule has 0 aliphatic heterocycles. The monoisotopic (exact) mass is 217 g/mol. The van der Waals surface area contributed by atoms with Crippen LogP contribution in [0, 0.1) is 19.8 Å². The molecular formula is C15H23N. The molecule has 0 spiro atoms. The Hall–Kier alpha value is -1.08. The van der Waals surface area contributed by atoms with Crippen molar-refractivity contribution in [1.29, 1.82) is 0 Å². The van der Waals surface area contributed by atoms with Gasteiger partial charge >= 0.3 is 0 Å². The lowest BCUT2D eigenvalue weighted by Gasteiger charge is -2.13. The molecule has 88 valence electrons. The number of nitrogens with two attached hydrogens (primary N) is 1. The molecule has 0 saturated carbocycles. The molecule has 0 bridgehead atoms. The summed E-state index contributed by atoms with van der Waals surface area (Å²) in [4.78, 5) is 0. The molecule has 0 aromatic heterocycles. The summed E-state index contributed by atoms with van der Waals surface area (Å²) in [7, 11) is 0. The van der Waals surface area contributed by atoms with Crippen LogP contribution in [0.15, 0.2) is 24.3 Å². The smallest absolute Gasteiger partial charge is 0.00424 e. The largest absolute Gasteiger partial charge is 0.330 e. The normalized spacial score (nSPS) is 12.2. The van der Waals surface area contributed by atoms with Crippen LogP contribution in [0.25, 0.3) is 5.57 Å². The van der Waals surface area contributed by atoms with Crippen LogP contribution >= 0.6 is 0 Å². The molecule has 0 aliphatic carbocycles. The first-order valence-electron chi connectivity index (χ1n) is 6.04. The van der Waals surface area contributed by atoms with Gasteiger partial charge in [0.2, 0.25) is 0 Å². The van der Waals surface area contributed by atoms with E-state index in [9.17, 15) is 0 Å². The Labute approximate surface area is 99.4 Å². The molecule has 0 aliphatic rings. The summed E-state index contributed by atoms with van der Waals surface area (Å²) >= 11 is 0. The molecule has 1 aromatic rings. The third-order valence-corrected chi connectivity index (χ3v) is 2.99. The van der Waals surface area contributed by atoms with Gasteiger partial charge in [-0.25, -0.2) is 0 Å². The minimum atomic E-state index is 0.550. The molecular weight excluding hydrogens is 194 g/mol. The second-order valence-electron chi connectivity index (χ2n) is 4.69. The SMILES string of the molecule is Cc1ccc(/C(=C/CCN)C(C)C)cc1C. The van der Waals surface area contributed by atoms with Crippen molar-refractivity contribution >= 4 is 5.57 Å². The van der Waals surface area contributed by atoms with Crippen LogP contribution in [0.4, 0.5) is 0 Å². The van der Waals surface area contributed by atoms with Crippen LogP contribution in [0.3, 0.4) is 0 Å². The highest BCUT2D eigenvalue weighted by Gasteiger charge is 2.06. The molecule has 1 aromatic carbocycles. The van der Waals surface area contributed by atoms with E-state index in [1.807, 2.05) is 0 Å². The number of allylic oxidation sites excluding steroid dienone is 1. The van der Waals surface area contributed by atoms with Gasteiger partial charge in [0.15, 0.2) is 0 Å². The number of aryl methyl sites for hydroxylation is 2.